The minimum Gasteiger partial charge on any atom is -0.504 e. The van der Waals surface area contributed by atoms with Gasteiger partial charge in [-0.1, -0.05) is 13.8 Å². The molecule has 1 aromatic rings. The summed E-state index contributed by atoms with van der Waals surface area (Å²) in [6.07, 6.45) is 0. The summed E-state index contributed by atoms with van der Waals surface area (Å²) < 4.78 is 4.75. The molecule has 0 spiro atoms. The van der Waals surface area contributed by atoms with Gasteiger partial charge < -0.3 is 23.5 Å². The number of benzene rings is 1. The van der Waals surface area contributed by atoms with Crippen LogP contribution in [0.15, 0.2) is 0 Å². The van der Waals surface area contributed by atoms with Crippen molar-refractivity contribution in [3.05, 3.63) is 5.56 Å². The molecule has 5 nitrogen and oxygen atoms in total. The predicted molar refractivity (Wildman–Crippen MR) is 69.3 cm³/mol. The van der Waals surface area contributed by atoms with Gasteiger partial charge >= 0.3 is 0 Å². The molecule has 7 heteroatoms. The third kappa shape index (κ3) is 1.95. The fourth-order valence-electron chi connectivity index (χ4n) is 1.46. The lowest BCUT2D eigenvalue weighted by Gasteiger charge is -2.23. The standard InChI is InChI=1S/C9H12BIO5/c1-9(2,10)3-4(12)6(14)7(15)8(16-11)5(3)13/h12-15H,10H2,1-2H3. The smallest absolute Gasteiger partial charge is 0.221 e. The van der Waals surface area contributed by atoms with Gasteiger partial charge in [-0.2, -0.15) is 0 Å². The van der Waals surface area contributed by atoms with Crippen molar-refractivity contribution >= 4 is 30.9 Å². The second-order valence-electron chi connectivity index (χ2n) is 4.43. The first-order chi connectivity index (χ1) is 7.21. The maximum Gasteiger partial charge on any atom is 0.221 e. The lowest BCUT2D eigenvalue weighted by molar-refractivity contribution is 0.342. The Balaban J connectivity index is 3.69. The number of rotatable bonds is 2. The van der Waals surface area contributed by atoms with Crippen molar-refractivity contribution in [3.8, 4) is 28.7 Å². The summed E-state index contributed by atoms with van der Waals surface area (Å²) in [6, 6.07) is 0. The van der Waals surface area contributed by atoms with Gasteiger partial charge in [-0.15, -0.1) is 0 Å². The molecule has 1 rings (SSSR count). The molecule has 0 unspecified atom stereocenters. The highest BCUT2D eigenvalue weighted by Gasteiger charge is 2.31. The average molecular weight is 338 g/mol. The lowest BCUT2D eigenvalue weighted by Crippen LogP contribution is -2.17. The molecular weight excluding hydrogens is 326 g/mol. The highest BCUT2D eigenvalue weighted by molar-refractivity contribution is 14.1. The first-order valence-corrected chi connectivity index (χ1v) is 5.38. The molecule has 88 valence electrons. The molecule has 0 aromatic heterocycles. The molecule has 4 N–H and O–H groups in total. The molecule has 0 atom stereocenters. The van der Waals surface area contributed by atoms with E-state index >= 15 is 0 Å². The molecule has 0 aliphatic heterocycles. The monoisotopic (exact) mass is 338 g/mol. The lowest BCUT2D eigenvalue weighted by atomic mass is 9.66. The molecule has 0 saturated heterocycles. The Kier molecular flexibility index (Phi) is 3.37. The van der Waals surface area contributed by atoms with Gasteiger partial charge in [-0.05, 0) is 5.31 Å². The second-order valence-corrected chi connectivity index (χ2v) is 4.87. The fourth-order valence-corrected chi connectivity index (χ4v) is 1.88. The van der Waals surface area contributed by atoms with Crippen LogP contribution in [0.1, 0.15) is 19.4 Å². The summed E-state index contributed by atoms with van der Waals surface area (Å²) in [7, 11) is 1.75. The molecule has 0 amide bonds. The zero-order valence-corrected chi connectivity index (χ0v) is 11.2. The molecule has 0 fully saturated rings. The summed E-state index contributed by atoms with van der Waals surface area (Å²) in [5.74, 6) is -2.57. The predicted octanol–water partition coefficient (Wildman–Crippen LogP) is 1.11. The molecule has 0 saturated carbocycles. The Morgan fingerprint density at radius 3 is 1.88 bits per heavy atom. The van der Waals surface area contributed by atoms with E-state index in [1.807, 2.05) is 0 Å². The Labute approximate surface area is 108 Å². The van der Waals surface area contributed by atoms with Gasteiger partial charge in [-0.3, -0.25) is 0 Å². The highest BCUT2D eigenvalue weighted by Crippen LogP contribution is 2.54. The van der Waals surface area contributed by atoms with E-state index < -0.39 is 22.6 Å². The van der Waals surface area contributed by atoms with Crippen molar-refractivity contribution < 1.29 is 23.5 Å². The number of phenolic OH excluding ortho intramolecular Hbond substituents is 4. The highest BCUT2D eigenvalue weighted by atomic mass is 127. The van der Waals surface area contributed by atoms with Crippen LogP contribution in [-0.4, -0.2) is 28.3 Å². The first-order valence-electron chi connectivity index (χ1n) is 4.50. The van der Waals surface area contributed by atoms with E-state index in [-0.39, 0.29) is 17.1 Å². The van der Waals surface area contributed by atoms with Crippen molar-refractivity contribution in [1.82, 2.24) is 0 Å². The first kappa shape index (κ1) is 13.1. The number of halogens is 1. The van der Waals surface area contributed by atoms with Gasteiger partial charge in [-0.25, -0.2) is 0 Å². The van der Waals surface area contributed by atoms with E-state index in [4.69, 9.17) is 3.07 Å². The van der Waals surface area contributed by atoms with Crippen molar-refractivity contribution in [2.45, 2.75) is 19.2 Å². The molecule has 0 radical (unpaired) electrons. The molecule has 0 heterocycles. The Morgan fingerprint density at radius 2 is 1.50 bits per heavy atom. The number of aromatic hydroxyl groups is 4. The molecule has 0 aliphatic rings. The maximum atomic E-state index is 9.85. The fraction of sp³-hybridized carbons (Fsp3) is 0.333. The number of phenols is 4. The summed E-state index contributed by atoms with van der Waals surface area (Å²) in [5.41, 5.74) is 0.120. The molecule has 0 bridgehead atoms. The van der Waals surface area contributed by atoms with Crippen molar-refractivity contribution in [3.63, 3.8) is 0 Å². The SMILES string of the molecule is BC(C)(C)c1c(O)c(O)c(O)c(OI)c1O. The van der Waals surface area contributed by atoms with Crippen molar-refractivity contribution in [1.29, 1.82) is 0 Å². The van der Waals surface area contributed by atoms with Crippen LogP contribution in [-0.2, 0) is 5.31 Å². The molecule has 0 aliphatic carbocycles. The zero-order valence-electron chi connectivity index (χ0n) is 9.08. The number of hydrogen-bond donors (Lipinski definition) is 4. The van der Waals surface area contributed by atoms with Crippen LogP contribution < -0.4 is 3.07 Å². The largest absolute Gasteiger partial charge is 0.504 e. The summed E-state index contributed by atoms with van der Waals surface area (Å²) in [4.78, 5) is 0. The third-order valence-electron chi connectivity index (χ3n) is 2.18. The van der Waals surface area contributed by atoms with Gasteiger partial charge in [0.1, 0.15) is 7.85 Å². The van der Waals surface area contributed by atoms with E-state index in [1.54, 1.807) is 21.7 Å². The number of hydrogen-bond acceptors (Lipinski definition) is 5. The molecule has 16 heavy (non-hydrogen) atoms. The topological polar surface area (TPSA) is 90.2 Å². The molecular formula is C9H12BIO5. The van der Waals surface area contributed by atoms with Crippen LogP contribution in [0.2, 0.25) is 0 Å². The van der Waals surface area contributed by atoms with E-state index in [0.717, 1.165) is 0 Å². The van der Waals surface area contributed by atoms with Gasteiger partial charge in [0, 0.05) is 5.56 Å². The minimum absolute atomic E-state index is 0.120. The van der Waals surface area contributed by atoms with Crippen LogP contribution in [0, 0.1) is 0 Å². The maximum absolute atomic E-state index is 9.85. The van der Waals surface area contributed by atoms with E-state index in [9.17, 15) is 20.4 Å². The molecule has 1 aromatic carbocycles. The van der Waals surface area contributed by atoms with Gasteiger partial charge in [0.25, 0.3) is 0 Å². The summed E-state index contributed by atoms with van der Waals surface area (Å²) >= 11 is 1.47. The third-order valence-corrected chi connectivity index (χ3v) is 2.62. The minimum atomic E-state index is -0.700. The van der Waals surface area contributed by atoms with E-state index in [1.165, 1.54) is 23.0 Å². The second kappa shape index (κ2) is 4.12. The average Bonchev–Trinajstić information content (AvgIpc) is 2.13. The van der Waals surface area contributed by atoms with E-state index in [0.29, 0.717) is 0 Å². The Hall–Kier alpha value is -0.985. The van der Waals surface area contributed by atoms with E-state index in [2.05, 4.69) is 0 Å². The quantitative estimate of drug-likeness (QED) is 0.281. The summed E-state index contributed by atoms with van der Waals surface area (Å²) in [6.45, 7) is 3.49. The van der Waals surface area contributed by atoms with Crippen molar-refractivity contribution in [2.75, 3.05) is 0 Å². The van der Waals surface area contributed by atoms with Crippen molar-refractivity contribution in [2.24, 2.45) is 0 Å². The van der Waals surface area contributed by atoms with Crippen LogP contribution in [0.25, 0.3) is 0 Å². The van der Waals surface area contributed by atoms with Gasteiger partial charge in [0.05, 0.1) is 0 Å². The van der Waals surface area contributed by atoms with Crippen LogP contribution in [0.3, 0.4) is 0 Å². The Morgan fingerprint density at radius 1 is 1.00 bits per heavy atom. The normalized spacial score (nSPS) is 11.4. The van der Waals surface area contributed by atoms with Crippen LogP contribution in [0.4, 0.5) is 0 Å². The van der Waals surface area contributed by atoms with Crippen LogP contribution >= 0.6 is 23.0 Å². The Bertz CT molecular complexity index is 427. The zero-order chi connectivity index (χ0) is 12.7. The van der Waals surface area contributed by atoms with Gasteiger partial charge in [0.2, 0.25) is 17.2 Å². The van der Waals surface area contributed by atoms with Crippen LogP contribution in [0.5, 0.6) is 28.7 Å². The summed E-state index contributed by atoms with van der Waals surface area (Å²) in [5, 5.41) is 37.9. The van der Waals surface area contributed by atoms with Gasteiger partial charge in [0.15, 0.2) is 34.5 Å².